The van der Waals surface area contributed by atoms with Gasteiger partial charge in [-0.1, -0.05) is 48.1 Å². The zero-order chi connectivity index (χ0) is 21.1. The number of benzene rings is 3. The van der Waals surface area contributed by atoms with Crippen molar-refractivity contribution in [2.75, 3.05) is 4.90 Å². The van der Waals surface area contributed by atoms with Gasteiger partial charge in [0.2, 0.25) is 0 Å². The van der Waals surface area contributed by atoms with Crippen molar-refractivity contribution in [3.8, 4) is 5.69 Å². The first-order valence-corrected chi connectivity index (χ1v) is 11.2. The zero-order valence-corrected chi connectivity index (χ0v) is 17.6. The van der Waals surface area contributed by atoms with Crippen LogP contribution in [0.1, 0.15) is 19.3 Å². The van der Waals surface area contributed by atoms with E-state index in [4.69, 9.17) is 4.99 Å². The van der Waals surface area contributed by atoms with E-state index in [1.807, 2.05) is 12.7 Å². The summed E-state index contributed by atoms with van der Waals surface area (Å²) in [5.74, 6) is 0. The Morgan fingerprint density at radius 1 is 0.906 bits per heavy atom. The Kier molecular flexibility index (Phi) is 3.76. The summed E-state index contributed by atoms with van der Waals surface area (Å²) in [6.07, 6.45) is 14.1. The molecule has 1 aromatic heterocycles. The van der Waals surface area contributed by atoms with Crippen molar-refractivity contribution in [1.29, 1.82) is 0 Å². The summed E-state index contributed by atoms with van der Waals surface area (Å²) in [5.41, 5.74) is 8.50. The lowest BCUT2D eigenvalue weighted by Gasteiger charge is -2.30. The van der Waals surface area contributed by atoms with Crippen molar-refractivity contribution < 1.29 is 0 Å². The van der Waals surface area contributed by atoms with Gasteiger partial charge in [-0.2, -0.15) is 0 Å². The van der Waals surface area contributed by atoms with E-state index in [9.17, 15) is 0 Å². The van der Waals surface area contributed by atoms with Crippen molar-refractivity contribution >= 4 is 33.8 Å². The monoisotopic (exact) mass is 414 g/mol. The second-order valence-electron chi connectivity index (χ2n) is 8.76. The molecular weight excluding hydrogens is 392 g/mol. The summed E-state index contributed by atoms with van der Waals surface area (Å²) in [5, 5.41) is 2.45. The maximum Gasteiger partial charge on any atom is 0.100 e. The number of rotatable bonds is 2. The molecule has 0 radical (unpaired) electrons. The van der Waals surface area contributed by atoms with Crippen LogP contribution in [0.3, 0.4) is 0 Å². The van der Waals surface area contributed by atoms with Crippen molar-refractivity contribution in [3.05, 3.63) is 102 Å². The molecule has 3 aromatic carbocycles. The average molecular weight is 415 g/mol. The van der Waals surface area contributed by atoms with E-state index in [-0.39, 0.29) is 0 Å². The van der Waals surface area contributed by atoms with Crippen LogP contribution in [-0.4, -0.2) is 21.9 Å². The van der Waals surface area contributed by atoms with E-state index in [1.54, 1.807) is 5.57 Å². The molecule has 4 heteroatoms. The largest absolute Gasteiger partial charge is 0.323 e. The van der Waals surface area contributed by atoms with Crippen molar-refractivity contribution in [2.24, 2.45) is 4.99 Å². The van der Waals surface area contributed by atoms with Gasteiger partial charge in [-0.15, -0.1) is 0 Å². The van der Waals surface area contributed by atoms with Gasteiger partial charge in [-0.3, -0.25) is 4.57 Å². The first-order valence-electron chi connectivity index (χ1n) is 11.2. The Bertz CT molecular complexity index is 1520. The fourth-order valence-corrected chi connectivity index (χ4v) is 5.22. The average Bonchev–Trinajstić information content (AvgIpc) is 3.44. The van der Waals surface area contributed by atoms with Gasteiger partial charge in [0, 0.05) is 11.4 Å². The van der Waals surface area contributed by atoms with Gasteiger partial charge in [-0.05, 0) is 72.0 Å². The predicted octanol–water partition coefficient (Wildman–Crippen LogP) is 6.33. The van der Waals surface area contributed by atoms with Gasteiger partial charge in [0.1, 0.15) is 6.33 Å². The fraction of sp³-hybridized carbons (Fsp3) is 0.143. The Hall–Kier alpha value is -3.92. The number of imidazole rings is 1. The third kappa shape index (κ3) is 2.69. The van der Waals surface area contributed by atoms with Crippen LogP contribution in [0.2, 0.25) is 0 Å². The van der Waals surface area contributed by atoms with E-state index in [0.29, 0.717) is 6.04 Å². The summed E-state index contributed by atoms with van der Waals surface area (Å²) < 4.78 is 2.18. The molecule has 0 spiro atoms. The fourth-order valence-electron chi connectivity index (χ4n) is 5.22. The molecule has 0 saturated carbocycles. The first-order chi connectivity index (χ1) is 15.8. The number of hydrogen-bond acceptors (Lipinski definition) is 3. The minimum absolute atomic E-state index is 0.291. The number of allylic oxidation sites excluding steroid dienone is 4. The van der Waals surface area contributed by atoms with Crippen LogP contribution >= 0.6 is 0 Å². The van der Waals surface area contributed by atoms with Crippen LogP contribution in [-0.2, 0) is 0 Å². The number of aromatic nitrogens is 2. The predicted molar refractivity (Wildman–Crippen MR) is 131 cm³/mol. The highest BCUT2D eigenvalue weighted by Gasteiger charge is 2.31. The summed E-state index contributed by atoms with van der Waals surface area (Å²) in [4.78, 5) is 11.8. The van der Waals surface area contributed by atoms with E-state index >= 15 is 0 Å². The van der Waals surface area contributed by atoms with Crippen molar-refractivity contribution in [3.63, 3.8) is 0 Å². The summed E-state index contributed by atoms with van der Waals surface area (Å²) in [7, 11) is 0. The number of hydrogen-bond donors (Lipinski definition) is 0. The number of nitrogens with zero attached hydrogens (tertiary/aromatic N) is 4. The first kappa shape index (κ1) is 17.7. The topological polar surface area (TPSA) is 33.4 Å². The molecule has 0 saturated heterocycles. The molecule has 1 aliphatic heterocycles. The second-order valence-corrected chi connectivity index (χ2v) is 8.76. The molecule has 7 rings (SSSR count). The van der Waals surface area contributed by atoms with E-state index < -0.39 is 0 Å². The molecule has 154 valence electrons. The molecule has 2 heterocycles. The van der Waals surface area contributed by atoms with Gasteiger partial charge in [0.05, 0.1) is 29.1 Å². The molecule has 2 aliphatic carbocycles. The molecule has 32 heavy (non-hydrogen) atoms. The lowest BCUT2D eigenvalue weighted by atomic mass is 9.86. The lowest BCUT2D eigenvalue weighted by Crippen LogP contribution is -2.32. The highest BCUT2D eigenvalue weighted by molar-refractivity contribution is 5.96. The summed E-state index contributed by atoms with van der Waals surface area (Å²) >= 11 is 0. The van der Waals surface area contributed by atoms with Crippen LogP contribution in [0.15, 0.2) is 107 Å². The molecule has 4 nitrogen and oxygen atoms in total. The van der Waals surface area contributed by atoms with Crippen LogP contribution in [0.4, 0.5) is 5.69 Å². The van der Waals surface area contributed by atoms with Gasteiger partial charge >= 0.3 is 0 Å². The molecule has 0 bridgehead atoms. The molecule has 1 unspecified atom stereocenters. The SMILES string of the molecule is C1=CC2=C(CC1)CC1C(=C2)N=CN1c1cccc(-n2cnc3cc4ccccc4cc32)c1. The molecule has 0 amide bonds. The zero-order valence-electron chi connectivity index (χ0n) is 17.6. The quantitative estimate of drug-likeness (QED) is 0.384. The number of anilines is 1. The van der Waals surface area contributed by atoms with E-state index in [0.717, 1.165) is 41.7 Å². The maximum absolute atomic E-state index is 4.76. The minimum atomic E-state index is 0.291. The molecular formula is C28H22N4. The molecule has 4 aromatic rings. The maximum atomic E-state index is 4.76. The summed E-state index contributed by atoms with van der Waals surface area (Å²) in [6.45, 7) is 0. The van der Waals surface area contributed by atoms with Gasteiger partial charge in [-0.25, -0.2) is 9.98 Å². The van der Waals surface area contributed by atoms with E-state index in [2.05, 4.69) is 93.3 Å². The Labute approximate surface area is 186 Å². The van der Waals surface area contributed by atoms with Gasteiger partial charge in [0.15, 0.2) is 0 Å². The highest BCUT2D eigenvalue weighted by atomic mass is 15.2. The Balaban J connectivity index is 1.27. The van der Waals surface area contributed by atoms with Crippen LogP contribution in [0.5, 0.6) is 0 Å². The standard InChI is InChI=1S/C28H22N4/c1-3-8-21-14-27-25(12-19(21)6-1)29-17-31(27)23-10-5-11-24(16-23)32-18-30-26-13-20-7-2-4-9-22(20)15-28(26)32/h1-3,5-8,10-14,16-18,28H,4,9,15H2. The Morgan fingerprint density at radius 3 is 2.72 bits per heavy atom. The normalized spacial score (nSPS) is 19.6. The van der Waals surface area contributed by atoms with Crippen LogP contribution in [0.25, 0.3) is 27.5 Å². The molecule has 0 N–H and O–H groups in total. The number of fused-ring (bicyclic) bond motifs is 3. The second kappa shape index (κ2) is 6.79. The molecule has 0 fully saturated rings. The van der Waals surface area contributed by atoms with Crippen LogP contribution in [0, 0.1) is 0 Å². The van der Waals surface area contributed by atoms with Crippen LogP contribution < -0.4 is 4.90 Å². The minimum Gasteiger partial charge on any atom is -0.323 e. The van der Waals surface area contributed by atoms with E-state index in [1.165, 1.54) is 22.0 Å². The highest BCUT2D eigenvalue weighted by Crippen LogP contribution is 2.38. The number of aliphatic imine (C=N–C) groups is 1. The molecule has 1 atom stereocenters. The lowest BCUT2D eigenvalue weighted by molar-refractivity contribution is 0.712. The third-order valence-corrected chi connectivity index (χ3v) is 6.89. The van der Waals surface area contributed by atoms with Gasteiger partial charge < -0.3 is 4.90 Å². The third-order valence-electron chi connectivity index (χ3n) is 6.89. The van der Waals surface area contributed by atoms with Crippen molar-refractivity contribution in [1.82, 2.24) is 9.55 Å². The van der Waals surface area contributed by atoms with Gasteiger partial charge in [0.25, 0.3) is 0 Å². The summed E-state index contributed by atoms with van der Waals surface area (Å²) in [6, 6.07) is 21.8. The smallest absolute Gasteiger partial charge is 0.100 e. The molecule has 3 aliphatic rings. The Morgan fingerprint density at radius 2 is 1.78 bits per heavy atom. The van der Waals surface area contributed by atoms with Crippen molar-refractivity contribution in [2.45, 2.75) is 25.3 Å².